The second-order valence-corrected chi connectivity index (χ2v) is 10.9. The lowest BCUT2D eigenvalue weighted by molar-refractivity contribution is -0.113. The van der Waals surface area contributed by atoms with Crippen molar-refractivity contribution in [2.24, 2.45) is 0 Å². The highest BCUT2D eigenvalue weighted by atomic mass is 32.2. The normalized spacial score (nSPS) is 13.2. The number of hydrogen-bond acceptors (Lipinski definition) is 8. The molecule has 1 amide bonds. The summed E-state index contributed by atoms with van der Waals surface area (Å²) in [6.45, 7) is 6.60. The third-order valence-corrected chi connectivity index (χ3v) is 8.31. The molecule has 10 heteroatoms. The number of amides is 1. The first-order chi connectivity index (χ1) is 18.0. The molecule has 0 radical (unpaired) electrons. The van der Waals surface area contributed by atoms with Crippen molar-refractivity contribution < 1.29 is 19.1 Å². The van der Waals surface area contributed by atoms with Crippen LogP contribution in [-0.2, 0) is 35.5 Å². The molecule has 0 atom stereocenters. The number of carbonyl (C=O) groups excluding carboxylic acids is 2. The molecule has 3 aromatic rings. The van der Waals surface area contributed by atoms with Crippen molar-refractivity contribution in [3.8, 4) is 5.75 Å². The number of nitrogens with one attached hydrogen (secondary N) is 1. The molecule has 0 saturated carbocycles. The number of anilines is 1. The predicted molar refractivity (Wildman–Crippen MR) is 147 cm³/mol. The molecule has 0 saturated heterocycles. The second kappa shape index (κ2) is 12.9. The van der Waals surface area contributed by atoms with Crippen LogP contribution < -0.4 is 10.1 Å². The number of thiophene rings is 1. The minimum Gasteiger partial charge on any atom is -0.486 e. The van der Waals surface area contributed by atoms with Crippen LogP contribution in [0.5, 0.6) is 5.75 Å². The molecule has 2 heterocycles. The lowest BCUT2D eigenvalue weighted by Crippen LogP contribution is -2.17. The molecule has 0 fully saturated rings. The van der Waals surface area contributed by atoms with Gasteiger partial charge in [-0.15, -0.1) is 28.1 Å². The zero-order valence-electron chi connectivity index (χ0n) is 21.2. The molecular formula is C27H32N4O4S2. The summed E-state index contributed by atoms with van der Waals surface area (Å²) in [7, 11) is 1.38. The van der Waals surface area contributed by atoms with Gasteiger partial charge in [-0.3, -0.25) is 9.36 Å². The Morgan fingerprint density at radius 1 is 1.16 bits per heavy atom. The minimum absolute atomic E-state index is 0.122. The van der Waals surface area contributed by atoms with E-state index in [1.54, 1.807) is 6.08 Å². The number of esters is 1. The van der Waals surface area contributed by atoms with E-state index in [2.05, 4.69) is 22.1 Å². The molecule has 2 aromatic heterocycles. The van der Waals surface area contributed by atoms with Crippen LogP contribution in [0.15, 0.2) is 42.1 Å². The predicted octanol–water partition coefficient (Wildman–Crippen LogP) is 5.59. The van der Waals surface area contributed by atoms with Crippen LogP contribution in [0.4, 0.5) is 5.00 Å². The van der Waals surface area contributed by atoms with E-state index in [1.807, 2.05) is 35.8 Å². The Morgan fingerprint density at radius 2 is 1.92 bits per heavy atom. The van der Waals surface area contributed by atoms with Crippen molar-refractivity contribution in [3.63, 3.8) is 0 Å². The molecule has 0 spiro atoms. The van der Waals surface area contributed by atoms with Crippen molar-refractivity contribution in [1.29, 1.82) is 0 Å². The maximum atomic E-state index is 12.9. The monoisotopic (exact) mass is 540 g/mol. The highest BCUT2D eigenvalue weighted by Crippen LogP contribution is 2.37. The van der Waals surface area contributed by atoms with Gasteiger partial charge in [-0.25, -0.2) is 4.79 Å². The van der Waals surface area contributed by atoms with Crippen molar-refractivity contribution in [1.82, 2.24) is 14.8 Å². The number of nitrogens with zero attached hydrogens (tertiary/aromatic N) is 3. The van der Waals surface area contributed by atoms with Crippen LogP contribution in [0.2, 0.25) is 0 Å². The maximum Gasteiger partial charge on any atom is 0.341 e. The summed E-state index contributed by atoms with van der Waals surface area (Å²) in [5.74, 6) is 0.908. The van der Waals surface area contributed by atoms with Gasteiger partial charge in [-0.1, -0.05) is 48.4 Å². The van der Waals surface area contributed by atoms with E-state index < -0.39 is 5.97 Å². The van der Waals surface area contributed by atoms with E-state index in [0.29, 0.717) is 28.1 Å². The number of rotatable bonds is 10. The highest BCUT2D eigenvalue weighted by Gasteiger charge is 2.26. The summed E-state index contributed by atoms with van der Waals surface area (Å²) in [5.41, 5.74) is 2.70. The van der Waals surface area contributed by atoms with Gasteiger partial charge in [0.2, 0.25) is 5.91 Å². The zero-order chi connectivity index (χ0) is 26.2. The number of thioether (sulfide) groups is 1. The number of carbonyl (C=O) groups is 2. The average molecular weight is 541 g/mol. The Hall–Kier alpha value is -3.11. The maximum absolute atomic E-state index is 12.9. The fourth-order valence-electron chi connectivity index (χ4n) is 4.25. The first-order valence-electron chi connectivity index (χ1n) is 12.4. The topological polar surface area (TPSA) is 95.3 Å². The van der Waals surface area contributed by atoms with Gasteiger partial charge in [-0.2, -0.15) is 0 Å². The zero-order valence-corrected chi connectivity index (χ0v) is 22.9. The third kappa shape index (κ3) is 6.81. The van der Waals surface area contributed by atoms with Gasteiger partial charge in [0.25, 0.3) is 0 Å². The van der Waals surface area contributed by atoms with Crippen LogP contribution in [0.1, 0.15) is 57.9 Å². The number of aromatic nitrogens is 3. The van der Waals surface area contributed by atoms with E-state index in [4.69, 9.17) is 9.47 Å². The molecule has 4 rings (SSSR count). The summed E-state index contributed by atoms with van der Waals surface area (Å²) >= 11 is 2.78. The Kier molecular flexibility index (Phi) is 9.40. The van der Waals surface area contributed by atoms with Crippen LogP contribution in [0.3, 0.4) is 0 Å². The van der Waals surface area contributed by atoms with Gasteiger partial charge < -0.3 is 14.8 Å². The minimum atomic E-state index is -0.398. The van der Waals surface area contributed by atoms with Gasteiger partial charge in [0.1, 0.15) is 17.4 Å². The molecule has 196 valence electrons. The number of benzene rings is 1. The number of methoxy groups -OCH3 is 1. The Bertz CT molecular complexity index is 1250. The lowest BCUT2D eigenvalue weighted by atomic mass is 9.96. The molecule has 1 aliphatic rings. The molecule has 0 aliphatic heterocycles. The Morgan fingerprint density at radius 3 is 2.65 bits per heavy atom. The molecule has 1 aromatic carbocycles. The average Bonchev–Trinajstić information content (AvgIpc) is 3.42. The van der Waals surface area contributed by atoms with E-state index in [1.165, 1.54) is 41.5 Å². The molecule has 0 unspecified atom stereocenters. The third-order valence-electron chi connectivity index (χ3n) is 6.14. The summed E-state index contributed by atoms with van der Waals surface area (Å²) in [6, 6.07) is 7.81. The van der Waals surface area contributed by atoms with Crippen LogP contribution >= 0.6 is 23.1 Å². The van der Waals surface area contributed by atoms with E-state index in [0.717, 1.165) is 49.0 Å². The summed E-state index contributed by atoms with van der Waals surface area (Å²) in [4.78, 5) is 26.7. The number of allylic oxidation sites excluding steroid dienone is 1. The fourth-order valence-corrected chi connectivity index (χ4v) is 6.31. The number of aryl methyl sites for hydroxylation is 2. The molecule has 8 nitrogen and oxygen atoms in total. The van der Waals surface area contributed by atoms with E-state index in [9.17, 15) is 9.59 Å². The first kappa shape index (κ1) is 26.9. The lowest BCUT2D eigenvalue weighted by Gasteiger charge is -2.11. The van der Waals surface area contributed by atoms with Gasteiger partial charge in [-0.05, 0) is 50.3 Å². The summed E-state index contributed by atoms with van der Waals surface area (Å²) < 4.78 is 12.8. The van der Waals surface area contributed by atoms with Crippen molar-refractivity contribution in [2.75, 3.05) is 18.2 Å². The van der Waals surface area contributed by atoms with E-state index >= 15 is 0 Å². The van der Waals surface area contributed by atoms with Crippen LogP contribution in [0.25, 0.3) is 0 Å². The number of fused-ring (bicyclic) bond motifs is 1. The number of ether oxygens (including phenoxy) is 2. The van der Waals surface area contributed by atoms with Gasteiger partial charge in [0.15, 0.2) is 11.0 Å². The summed E-state index contributed by atoms with van der Waals surface area (Å²) in [6.07, 6.45) is 7.97. The standard InChI is InChI=1S/C27H32N4O4S2/c1-4-15-31-22(16-35-19-13-11-18(2)12-14-19)29-30-27(31)36-17-23(32)28-25-24(26(33)34-3)20-9-7-5-6-8-10-21(20)37-25/h4,11-14H,1,5-10,15-17H2,2-3H3,(H,28,32). The molecule has 1 aliphatic carbocycles. The smallest absolute Gasteiger partial charge is 0.341 e. The fraction of sp³-hybridized carbons (Fsp3) is 0.407. The second-order valence-electron chi connectivity index (χ2n) is 8.85. The van der Waals surface area contributed by atoms with Crippen LogP contribution in [-0.4, -0.2) is 39.5 Å². The van der Waals surface area contributed by atoms with Gasteiger partial charge in [0.05, 0.1) is 18.4 Å². The van der Waals surface area contributed by atoms with Crippen molar-refractivity contribution >= 4 is 40.0 Å². The van der Waals surface area contributed by atoms with Crippen LogP contribution in [0, 0.1) is 6.92 Å². The SMILES string of the molecule is C=CCn1c(COc2ccc(C)cc2)nnc1SCC(=O)Nc1sc2c(c1C(=O)OC)CCCCCC2. The Labute approximate surface area is 225 Å². The van der Waals surface area contributed by atoms with Crippen molar-refractivity contribution in [3.05, 3.63) is 64.3 Å². The molecule has 0 bridgehead atoms. The Balaban J connectivity index is 1.43. The molecular weight excluding hydrogens is 508 g/mol. The molecule has 37 heavy (non-hydrogen) atoms. The largest absolute Gasteiger partial charge is 0.486 e. The van der Waals surface area contributed by atoms with Gasteiger partial charge in [0, 0.05) is 11.4 Å². The summed E-state index contributed by atoms with van der Waals surface area (Å²) in [5, 5.41) is 12.7. The quantitative estimate of drug-likeness (QED) is 0.203. The van der Waals surface area contributed by atoms with Crippen molar-refractivity contribution in [2.45, 2.75) is 63.8 Å². The molecule has 1 N–H and O–H groups in total. The van der Waals surface area contributed by atoms with E-state index in [-0.39, 0.29) is 18.3 Å². The van der Waals surface area contributed by atoms with Gasteiger partial charge >= 0.3 is 5.97 Å². The highest BCUT2D eigenvalue weighted by molar-refractivity contribution is 7.99. The number of hydrogen-bond donors (Lipinski definition) is 1. The first-order valence-corrected chi connectivity index (χ1v) is 14.2.